The molecule has 1 aromatic rings. The molecule has 5 nitrogen and oxygen atoms in total. The summed E-state index contributed by atoms with van der Waals surface area (Å²) in [5.41, 5.74) is 5.74. The zero-order valence-electron chi connectivity index (χ0n) is 12.6. The monoisotopic (exact) mass is 347 g/mol. The first-order valence-electron chi connectivity index (χ1n) is 7.30. The van der Waals surface area contributed by atoms with Crippen LogP contribution in [0.2, 0.25) is 0 Å². The van der Waals surface area contributed by atoms with E-state index < -0.39 is 35.8 Å². The highest BCUT2D eigenvalue weighted by atomic mass is 19.4. The van der Waals surface area contributed by atoms with Crippen molar-refractivity contribution in [1.82, 2.24) is 10.2 Å². The van der Waals surface area contributed by atoms with Crippen molar-refractivity contribution in [2.75, 3.05) is 19.6 Å². The molecule has 1 aliphatic heterocycles. The first-order valence-corrected chi connectivity index (χ1v) is 7.30. The topological polar surface area (TPSA) is 75.4 Å². The highest BCUT2D eigenvalue weighted by Crippen LogP contribution is 2.29. The average Bonchev–Trinajstić information content (AvgIpc) is 2.47. The third-order valence-electron chi connectivity index (χ3n) is 3.95. The van der Waals surface area contributed by atoms with Gasteiger partial charge in [0, 0.05) is 18.5 Å². The Balaban J connectivity index is 2.19. The van der Waals surface area contributed by atoms with E-state index in [1.807, 2.05) is 5.32 Å². The van der Waals surface area contributed by atoms with Crippen LogP contribution in [0.25, 0.3) is 0 Å². The predicted octanol–water partition coefficient (Wildman–Crippen LogP) is 1.15. The molecule has 2 atom stereocenters. The third-order valence-corrected chi connectivity index (χ3v) is 3.95. The van der Waals surface area contributed by atoms with Gasteiger partial charge in [-0.15, -0.1) is 0 Å². The van der Waals surface area contributed by atoms with Crippen LogP contribution in [0.3, 0.4) is 0 Å². The summed E-state index contributed by atoms with van der Waals surface area (Å²) in [5, 5.41) is 1.97. The SMILES string of the molecule is NC(=O)CN1CC[C@H](c2ccc(F)cc2)[C@@H](NC(=O)C(F)(F)F)C1. The van der Waals surface area contributed by atoms with Crippen LogP contribution in [0.4, 0.5) is 17.6 Å². The average molecular weight is 347 g/mol. The van der Waals surface area contributed by atoms with E-state index in [9.17, 15) is 27.2 Å². The summed E-state index contributed by atoms with van der Waals surface area (Å²) in [5.74, 6) is -3.52. The Morgan fingerprint density at radius 2 is 1.88 bits per heavy atom. The number of rotatable bonds is 4. The largest absolute Gasteiger partial charge is 0.471 e. The van der Waals surface area contributed by atoms with Gasteiger partial charge in [0.1, 0.15) is 5.82 Å². The molecule has 2 amide bonds. The summed E-state index contributed by atoms with van der Waals surface area (Å²) >= 11 is 0. The van der Waals surface area contributed by atoms with Gasteiger partial charge in [0.15, 0.2) is 0 Å². The number of halogens is 4. The van der Waals surface area contributed by atoms with Crippen molar-refractivity contribution in [3.63, 3.8) is 0 Å². The predicted molar refractivity (Wildman–Crippen MR) is 77.4 cm³/mol. The number of benzene rings is 1. The zero-order chi connectivity index (χ0) is 17.9. The van der Waals surface area contributed by atoms with Crippen LogP contribution in [0, 0.1) is 5.82 Å². The van der Waals surface area contributed by atoms with Crippen molar-refractivity contribution in [2.24, 2.45) is 5.73 Å². The van der Waals surface area contributed by atoms with E-state index in [-0.39, 0.29) is 13.1 Å². The zero-order valence-corrected chi connectivity index (χ0v) is 12.6. The fourth-order valence-corrected chi connectivity index (χ4v) is 2.89. The van der Waals surface area contributed by atoms with E-state index in [1.165, 1.54) is 24.3 Å². The summed E-state index contributed by atoms with van der Waals surface area (Å²) in [7, 11) is 0. The van der Waals surface area contributed by atoms with Gasteiger partial charge in [-0.05, 0) is 30.7 Å². The summed E-state index contributed by atoms with van der Waals surface area (Å²) in [6.07, 6.45) is -4.60. The number of carbonyl (C=O) groups excluding carboxylic acids is 2. The van der Waals surface area contributed by atoms with Crippen molar-refractivity contribution in [3.8, 4) is 0 Å². The first-order chi connectivity index (χ1) is 11.2. The van der Waals surface area contributed by atoms with E-state index in [2.05, 4.69) is 0 Å². The van der Waals surface area contributed by atoms with E-state index in [4.69, 9.17) is 5.73 Å². The molecule has 1 saturated heterocycles. The molecular weight excluding hydrogens is 330 g/mol. The van der Waals surface area contributed by atoms with Gasteiger partial charge in [0.25, 0.3) is 0 Å². The van der Waals surface area contributed by atoms with Crippen molar-refractivity contribution in [3.05, 3.63) is 35.6 Å². The molecule has 2 rings (SSSR count). The Hall–Kier alpha value is -2.16. The number of nitrogens with two attached hydrogens (primary N) is 1. The Morgan fingerprint density at radius 1 is 1.25 bits per heavy atom. The second-order valence-electron chi connectivity index (χ2n) is 5.73. The van der Waals surface area contributed by atoms with E-state index in [1.54, 1.807) is 4.90 Å². The van der Waals surface area contributed by atoms with Crippen LogP contribution in [0.15, 0.2) is 24.3 Å². The minimum Gasteiger partial charge on any atom is -0.369 e. The van der Waals surface area contributed by atoms with Crippen LogP contribution in [-0.2, 0) is 9.59 Å². The highest BCUT2D eigenvalue weighted by Gasteiger charge is 2.42. The molecule has 3 N–H and O–H groups in total. The molecule has 0 spiro atoms. The van der Waals surface area contributed by atoms with Crippen molar-refractivity contribution >= 4 is 11.8 Å². The van der Waals surface area contributed by atoms with Gasteiger partial charge in [-0.2, -0.15) is 13.2 Å². The lowest BCUT2D eigenvalue weighted by molar-refractivity contribution is -0.174. The summed E-state index contributed by atoms with van der Waals surface area (Å²) < 4.78 is 50.7. The maximum atomic E-state index is 13.0. The number of nitrogens with zero attached hydrogens (tertiary/aromatic N) is 1. The molecule has 24 heavy (non-hydrogen) atoms. The molecule has 0 bridgehead atoms. The Labute approximate surface area is 135 Å². The normalized spacial score (nSPS) is 22.2. The van der Waals surface area contributed by atoms with Crippen LogP contribution in [0.5, 0.6) is 0 Å². The van der Waals surface area contributed by atoms with Crippen LogP contribution in [0.1, 0.15) is 17.9 Å². The van der Waals surface area contributed by atoms with E-state index in [0.717, 1.165) is 0 Å². The maximum absolute atomic E-state index is 13.0. The van der Waals surface area contributed by atoms with Crippen LogP contribution >= 0.6 is 0 Å². The smallest absolute Gasteiger partial charge is 0.369 e. The summed E-state index contributed by atoms with van der Waals surface area (Å²) in [6.45, 7) is 0.380. The second-order valence-corrected chi connectivity index (χ2v) is 5.73. The molecule has 1 aliphatic rings. The fraction of sp³-hybridized carbons (Fsp3) is 0.467. The van der Waals surface area contributed by atoms with E-state index >= 15 is 0 Å². The molecule has 1 fully saturated rings. The number of nitrogens with one attached hydrogen (secondary N) is 1. The molecule has 0 aromatic heterocycles. The minimum atomic E-state index is -5.00. The van der Waals surface area contributed by atoms with Gasteiger partial charge >= 0.3 is 12.1 Å². The second kappa shape index (κ2) is 7.16. The maximum Gasteiger partial charge on any atom is 0.471 e. The standard InChI is InChI=1S/C15H17F4N3O2/c16-10-3-1-9(2-4-10)11-5-6-22(8-13(20)23)7-12(11)21-14(24)15(17,18)19/h1-4,11-12H,5-8H2,(H2,20,23)(H,21,24)/t11-,12+/m1/s1. The lowest BCUT2D eigenvalue weighted by Gasteiger charge is -2.38. The lowest BCUT2D eigenvalue weighted by Crippen LogP contribution is -2.55. The lowest BCUT2D eigenvalue weighted by atomic mass is 9.85. The fourth-order valence-electron chi connectivity index (χ4n) is 2.89. The Kier molecular flexibility index (Phi) is 5.43. The number of alkyl halides is 3. The molecule has 132 valence electrons. The quantitative estimate of drug-likeness (QED) is 0.803. The molecule has 0 saturated carbocycles. The molecule has 0 aliphatic carbocycles. The number of amides is 2. The van der Waals surface area contributed by atoms with Crippen molar-refractivity contribution in [2.45, 2.75) is 24.6 Å². The third kappa shape index (κ3) is 4.67. The number of primary amides is 1. The van der Waals surface area contributed by atoms with Crippen LogP contribution in [-0.4, -0.2) is 48.6 Å². The molecule has 1 aromatic carbocycles. The van der Waals surface area contributed by atoms with Gasteiger partial charge in [0.05, 0.1) is 6.54 Å². The van der Waals surface area contributed by atoms with Crippen LogP contribution < -0.4 is 11.1 Å². The number of carbonyl (C=O) groups is 2. The summed E-state index contributed by atoms with van der Waals surface area (Å²) in [6, 6.07) is 4.53. The molecule has 0 radical (unpaired) electrons. The molecule has 0 unspecified atom stereocenters. The van der Waals surface area contributed by atoms with Crippen molar-refractivity contribution in [1.29, 1.82) is 0 Å². The molecular formula is C15H17F4N3O2. The summed E-state index contributed by atoms with van der Waals surface area (Å²) in [4.78, 5) is 23.9. The van der Waals surface area contributed by atoms with E-state index in [0.29, 0.717) is 18.5 Å². The number of piperidine rings is 1. The number of hydrogen-bond acceptors (Lipinski definition) is 3. The Bertz CT molecular complexity index is 604. The number of hydrogen-bond donors (Lipinski definition) is 2. The molecule has 9 heteroatoms. The van der Waals surface area contributed by atoms with Crippen molar-refractivity contribution < 1.29 is 27.2 Å². The highest BCUT2D eigenvalue weighted by molar-refractivity contribution is 5.82. The van der Waals surface area contributed by atoms with Gasteiger partial charge in [0.2, 0.25) is 5.91 Å². The van der Waals surface area contributed by atoms with Gasteiger partial charge in [-0.25, -0.2) is 4.39 Å². The first kappa shape index (κ1) is 18.2. The van der Waals surface area contributed by atoms with Gasteiger partial charge in [-0.1, -0.05) is 12.1 Å². The van der Waals surface area contributed by atoms with Gasteiger partial charge < -0.3 is 11.1 Å². The van der Waals surface area contributed by atoms with Gasteiger partial charge in [-0.3, -0.25) is 14.5 Å². The Morgan fingerprint density at radius 3 is 2.42 bits per heavy atom. The number of likely N-dealkylation sites (tertiary alicyclic amines) is 1. The minimum absolute atomic E-state index is 0.0484. The molecule has 1 heterocycles.